The van der Waals surface area contributed by atoms with Crippen molar-refractivity contribution in [3.05, 3.63) is 29.8 Å². The first-order valence-electron chi connectivity index (χ1n) is 8.53. The van der Waals surface area contributed by atoms with E-state index in [9.17, 15) is 0 Å². The molecule has 1 aromatic rings. The maximum absolute atomic E-state index is 5.13. The third-order valence-electron chi connectivity index (χ3n) is 5.96. The lowest BCUT2D eigenvalue weighted by molar-refractivity contribution is 0.123. The first-order valence-corrected chi connectivity index (χ1v) is 8.53. The third-order valence-corrected chi connectivity index (χ3v) is 5.96. The minimum atomic E-state index is 0.546. The maximum atomic E-state index is 5.13. The van der Waals surface area contributed by atoms with Crippen LogP contribution in [0, 0.1) is 11.3 Å². The molecule has 1 nitrogen and oxygen atoms in total. The van der Waals surface area contributed by atoms with Crippen LogP contribution in [0.3, 0.4) is 0 Å². The second-order valence-corrected chi connectivity index (χ2v) is 7.13. The molecule has 1 heterocycles. The minimum absolute atomic E-state index is 0.546. The van der Waals surface area contributed by atoms with Gasteiger partial charge in [-0.25, -0.2) is 0 Å². The zero-order valence-electron chi connectivity index (χ0n) is 12.4. The van der Waals surface area contributed by atoms with Gasteiger partial charge < -0.3 is 0 Å². The number of hydrogen-bond donors (Lipinski definition) is 0. The largest absolute Gasteiger partial charge is 0.257 e. The van der Waals surface area contributed by atoms with Crippen molar-refractivity contribution in [2.24, 2.45) is 16.3 Å². The number of rotatable bonds is 0. The molecule has 3 aliphatic rings. The van der Waals surface area contributed by atoms with E-state index in [0.717, 1.165) is 5.92 Å². The van der Waals surface area contributed by atoms with E-state index in [4.69, 9.17) is 4.99 Å². The number of benzene rings is 1. The van der Waals surface area contributed by atoms with Gasteiger partial charge in [0.15, 0.2) is 0 Å². The molecule has 20 heavy (non-hydrogen) atoms. The van der Waals surface area contributed by atoms with Gasteiger partial charge in [-0.05, 0) is 55.6 Å². The average Bonchev–Trinajstić information content (AvgIpc) is 2.63. The van der Waals surface area contributed by atoms with E-state index in [1.807, 2.05) is 0 Å². The van der Waals surface area contributed by atoms with Crippen molar-refractivity contribution < 1.29 is 0 Å². The molecule has 1 atom stereocenters. The summed E-state index contributed by atoms with van der Waals surface area (Å²) in [5.74, 6) is 0.781. The molecule has 4 rings (SSSR count). The lowest BCUT2D eigenvalue weighted by atomic mass is 9.59. The van der Waals surface area contributed by atoms with Gasteiger partial charge in [-0.2, -0.15) is 0 Å². The number of fused-ring (bicyclic) bond motifs is 3. The fourth-order valence-corrected chi connectivity index (χ4v) is 5.00. The van der Waals surface area contributed by atoms with E-state index in [1.54, 1.807) is 5.71 Å². The fraction of sp³-hybridized carbons (Fsp3) is 0.632. The Bertz CT molecular complexity index is 522. The molecule has 0 radical (unpaired) electrons. The van der Waals surface area contributed by atoms with Crippen LogP contribution in [0.2, 0.25) is 0 Å². The van der Waals surface area contributed by atoms with Gasteiger partial charge in [-0.15, -0.1) is 0 Å². The Hall–Kier alpha value is -1.11. The molecular weight excluding hydrogens is 242 g/mol. The molecule has 2 fully saturated rings. The molecule has 1 aromatic carbocycles. The summed E-state index contributed by atoms with van der Waals surface area (Å²) in [5, 5.41) is 0. The highest BCUT2D eigenvalue weighted by Crippen LogP contribution is 2.52. The van der Waals surface area contributed by atoms with Gasteiger partial charge in [0, 0.05) is 11.6 Å². The van der Waals surface area contributed by atoms with Gasteiger partial charge in [0.05, 0.1) is 5.69 Å². The molecule has 2 saturated carbocycles. The molecule has 0 amide bonds. The second kappa shape index (κ2) is 5.02. The maximum Gasteiger partial charge on any atom is 0.0661 e. The molecule has 0 N–H and O–H groups in total. The van der Waals surface area contributed by atoms with Crippen molar-refractivity contribution in [2.45, 2.75) is 64.2 Å². The minimum Gasteiger partial charge on any atom is -0.257 e. The SMILES string of the molecule is c1ccc2c(c1)CC1(CCCCC1)C1CCCCC1=N2. The summed E-state index contributed by atoms with van der Waals surface area (Å²) in [6, 6.07) is 8.91. The van der Waals surface area contributed by atoms with Crippen molar-refractivity contribution >= 4 is 11.4 Å². The normalized spacial score (nSPS) is 28.2. The van der Waals surface area contributed by atoms with Gasteiger partial charge in [0.25, 0.3) is 0 Å². The van der Waals surface area contributed by atoms with Gasteiger partial charge in [0.1, 0.15) is 0 Å². The Morgan fingerprint density at radius 2 is 1.80 bits per heavy atom. The van der Waals surface area contributed by atoms with Crippen LogP contribution >= 0.6 is 0 Å². The Labute approximate surface area is 122 Å². The first kappa shape index (κ1) is 12.6. The van der Waals surface area contributed by atoms with Crippen molar-refractivity contribution in [3.63, 3.8) is 0 Å². The average molecular weight is 267 g/mol. The molecule has 1 unspecified atom stereocenters. The summed E-state index contributed by atoms with van der Waals surface area (Å²) >= 11 is 0. The number of nitrogens with zero attached hydrogens (tertiary/aromatic N) is 1. The zero-order chi connectivity index (χ0) is 13.4. The van der Waals surface area contributed by atoms with Crippen molar-refractivity contribution in [1.29, 1.82) is 0 Å². The van der Waals surface area contributed by atoms with E-state index in [1.165, 1.54) is 75.5 Å². The van der Waals surface area contributed by atoms with Crippen LogP contribution in [0.25, 0.3) is 0 Å². The van der Waals surface area contributed by atoms with Crippen LogP contribution < -0.4 is 0 Å². The standard InChI is InChI=1S/C19H25N/c1-6-12-19(13-7-1)14-15-8-2-4-10-17(15)20-18-11-5-3-9-16(18)19/h2,4,8,10,16H,1,3,5-7,9,11-14H2. The molecule has 0 saturated heterocycles. The Balaban J connectivity index is 1.82. The predicted molar refractivity (Wildman–Crippen MR) is 84.7 cm³/mol. The number of hydrogen-bond acceptors (Lipinski definition) is 1. The summed E-state index contributed by atoms with van der Waals surface area (Å²) in [7, 11) is 0. The smallest absolute Gasteiger partial charge is 0.0661 e. The van der Waals surface area contributed by atoms with E-state index >= 15 is 0 Å². The van der Waals surface area contributed by atoms with E-state index in [0.29, 0.717) is 5.41 Å². The van der Waals surface area contributed by atoms with Crippen LogP contribution in [0.5, 0.6) is 0 Å². The highest BCUT2D eigenvalue weighted by Gasteiger charge is 2.44. The van der Waals surface area contributed by atoms with Gasteiger partial charge in [-0.3, -0.25) is 4.99 Å². The van der Waals surface area contributed by atoms with Gasteiger partial charge in [0.2, 0.25) is 0 Å². The molecule has 0 aromatic heterocycles. The van der Waals surface area contributed by atoms with Crippen molar-refractivity contribution in [1.82, 2.24) is 0 Å². The van der Waals surface area contributed by atoms with Crippen LogP contribution in [-0.2, 0) is 6.42 Å². The second-order valence-electron chi connectivity index (χ2n) is 7.13. The predicted octanol–water partition coefficient (Wildman–Crippen LogP) is 5.46. The van der Waals surface area contributed by atoms with E-state index < -0.39 is 0 Å². The topological polar surface area (TPSA) is 12.4 Å². The summed E-state index contributed by atoms with van der Waals surface area (Å²) in [4.78, 5) is 5.13. The number of aliphatic imine (C=N–C) groups is 1. The summed E-state index contributed by atoms with van der Waals surface area (Å²) in [5.41, 5.74) is 4.88. The monoisotopic (exact) mass is 267 g/mol. The lowest BCUT2D eigenvalue weighted by Crippen LogP contribution is -2.40. The quantitative estimate of drug-likeness (QED) is 0.592. The molecule has 0 bridgehead atoms. The van der Waals surface area contributed by atoms with E-state index in [-0.39, 0.29) is 0 Å². The molecule has 106 valence electrons. The van der Waals surface area contributed by atoms with Gasteiger partial charge >= 0.3 is 0 Å². The first-order chi connectivity index (χ1) is 9.87. The van der Waals surface area contributed by atoms with Crippen LogP contribution in [-0.4, -0.2) is 5.71 Å². The van der Waals surface area contributed by atoms with E-state index in [2.05, 4.69) is 24.3 Å². The molecule has 1 aliphatic heterocycles. The Kier molecular flexibility index (Phi) is 3.17. The van der Waals surface area contributed by atoms with Crippen LogP contribution in [0.1, 0.15) is 63.4 Å². The molecule has 1 heteroatoms. The molecule has 2 aliphatic carbocycles. The fourth-order valence-electron chi connectivity index (χ4n) is 5.00. The Morgan fingerprint density at radius 3 is 2.70 bits per heavy atom. The highest BCUT2D eigenvalue weighted by atomic mass is 14.8. The lowest BCUT2D eigenvalue weighted by Gasteiger charge is -2.45. The Morgan fingerprint density at radius 1 is 0.950 bits per heavy atom. The summed E-state index contributed by atoms with van der Waals surface area (Å²) < 4.78 is 0. The van der Waals surface area contributed by atoms with Gasteiger partial charge in [-0.1, -0.05) is 43.9 Å². The highest BCUT2D eigenvalue weighted by molar-refractivity contribution is 5.91. The zero-order valence-corrected chi connectivity index (χ0v) is 12.4. The van der Waals surface area contributed by atoms with Crippen molar-refractivity contribution in [3.8, 4) is 0 Å². The summed E-state index contributed by atoms with van der Waals surface area (Å²) in [6.45, 7) is 0. The number of para-hydroxylation sites is 1. The van der Waals surface area contributed by atoms with Crippen LogP contribution in [0.4, 0.5) is 5.69 Å². The third kappa shape index (κ3) is 2.03. The summed E-state index contributed by atoms with van der Waals surface area (Å²) in [6.07, 6.45) is 13.9. The van der Waals surface area contributed by atoms with Crippen molar-refractivity contribution in [2.75, 3.05) is 0 Å². The molecule has 1 spiro atoms. The molecular formula is C19H25N. The van der Waals surface area contributed by atoms with Crippen LogP contribution in [0.15, 0.2) is 29.3 Å².